The van der Waals surface area contributed by atoms with Crippen LogP contribution in [0.4, 0.5) is 4.39 Å². The molecule has 0 aromatic heterocycles. The van der Waals surface area contributed by atoms with Gasteiger partial charge in [0.2, 0.25) is 0 Å². The van der Waals surface area contributed by atoms with Gasteiger partial charge in [0, 0.05) is 0 Å². The predicted octanol–water partition coefficient (Wildman–Crippen LogP) is 3.46. The Morgan fingerprint density at radius 3 is 2.36 bits per heavy atom. The van der Waals surface area contributed by atoms with Gasteiger partial charge in [-0.15, -0.1) is 0 Å². The normalized spacial score (nSPS) is 10.8. The summed E-state index contributed by atoms with van der Waals surface area (Å²) in [5, 5.41) is 0. The Balaban J connectivity index is 2.77. The van der Waals surface area contributed by atoms with E-state index in [1.54, 1.807) is 30.4 Å². The molecule has 0 bridgehead atoms. The first-order valence-electron chi connectivity index (χ1n) is 4.15. The molecule has 1 aromatic rings. The van der Waals surface area contributed by atoms with Crippen molar-refractivity contribution in [2.75, 3.05) is 0 Å². The van der Waals surface area contributed by atoms with Crippen molar-refractivity contribution in [2.24, 2.45) is 0 Å². The molecule has 0 N–H and O–H groups in total. The fourth-order valence-corrected chi connectivity index (χ4v) is 0.899. The van der Waals surface area contributed by atoms with Crippen molar-refractivity contribution in [3.8, 4) is 5.75 Å². The fraction of sp³-hybridized carbons (Fsp3) is 0. The third-order valence-corrected chi connectivity index (χ3v) is 1.53. The third kappa shape index (κ3) is 2.90. The van der Waals surface area contributed by atoms with Gasteiger partial charge in [-0.3, -0.25) is 0 Å². The Morgan fingerprint density at radius 2 is 1.86 bits per heavy atom. The van der Waals surface area contributed by atoms with E-state index in [4.69, 9.17) is 4.74 Å². The van der Waals surface area contributed by atoms with Crippen molar-refractivity contribution in [2.45, 2.75) is 0 Å². The molecule has 0 heterocycles. The molecule has 0 aliphatic carbocycles. The van der Waals surface area contributed by atoms with E-state index in [2.05, 4.69) is 13.2 Å². The lowest BCUT2D eigenvalue weighted by molar-refractivity contribution is 0.443. The van der Waals surface area contributed by atoms with Crippen LogP contribution in [-0.2, 0) is 0 Å². The molecule has 0 spiro atoms. The van der Waals surface area contributed by atoms with Gasteiger partial charge in [-0.25, -0.2) is 4.39 Å². The van der Waals surface area contributed by atoms with Crippen LogP contribution in [0.2, 0.25) is 0 Å². The minimum Gasteiger partial charge on any atom is -0.457 e. The zero-order valence-corrected chi connectivity index (χ0v) is 7.74. The largest absolute Gasteiger partial charge is 0.457 e. The van der Waals surface area contributed by atoms with E-state index in [0.717, 1.165) is 0 Å². The molecule has 2 heteroatoms. The minimum atomic E-state index is -0.287. The van der Waals surface area contributed by atoms with Crippen molar-refractivity contribution >= 4 is 0 Å². The number of benzene rings is 1. The Bertz CT molecular complexity index is 349. The smallest absolute Gasteiger partial charge is 0.127 e. The SMILES string of the molecule is C=CC=C(C=C)Oc1ccc(F)cc1. The second-order valence-corrected chi connectivity index (χ2v) is 2.56. The summed E-state index contributed by atoms with van der Waals surface area (Å²) in [6.07, 6.45) is 4.84. The first kappa shape index (κ1) is 10.3. The monoisotopic (exact) mass is 190 g/mol. The van der Waals surface area contributed by atoms with Crippen LogP contribution in [0.1, 0.15) is 0 Å². The number of rotatable bonds is 4. The summed E-state index contributed by atoms with van der Waals surface area (Å²) >= 11 is 0. The van der Waals surface area contributed by atoms with E-state index in [1.807, 2.05) is 0 Å². The van der Waals surface area contributed by atoms with Gasteiger partial charge in [-0.2, -0.15) is 0 Å². The molecule has 0 saturated carbocycles. The third-order valence-electron chi connectivity index (χ3n) is 1.53. The Kier molecular flexibility index (Phi) is 3.68. The molecule has 1 nitrogen and oxygen atoms in total. The number of hydrogen-bond acceptors (Lipinski definition) is 1. The molecule has 0 atom stereocenters. The summed E-state index contributed by atoms with van der Waals surface area (Å²) in [6, 6.07) is 5.78. The standard InChI is InChI=1S/C12H11FO/c1-3-5-11(4-2)14-12-8-6-10(13)7-9-12/h3-9H,1-2H2. The summed E-state index contributed by atoms with van der Waals surface area (Å²) in [4.78, 5) is 0. The molecule has 0 saturated heterocycles. The van der Waals surface area contributed by atoms with Gasteiger partial charge in [-0.05, 0) is 36.4 Å². The van der Waals surface area contributed by atoms with Gasteiger partial charge in [0.25, 0.3) is 0 Å². The van der Waals surface area contributed by atoms with E-state index in [9.17, 15) is 4.39 Å². The van der Waals surface area contributed by atoms with E-state index in [1.165, 1.54) is 12.1 Å². The van der Waals surface area contributed by atoms with Crippen LogP contribution >= 0.6 is 0 Å². The topological polar surface area (TPSA) is 9.23 Å². The fourth-order valence-electron chi connectivity index (χ4n) is 0.899. The number of allylic oxidation sites excluding steroid dienone is 3. The summed E-state index contributed by atoms with van der Waals surface area (Å²) in [6.45, 7) is 7.12. The van der Waals surface area contributed by atoms with Gasteiger partial charge in [0.1, 0.15) is 17.3 Å². The first-order valence-corrected chi connectivity index (χ1v) is 4.15. The van der Waals surface area contributed by atoms with Crippen molar-refractivity contribution in [3.05, 3.63) is 67.2 Å². The van der Waals surface area contributed by atoms with Crippen molar-refractivity contribution < 1.29 is 9.13 Å². The van der Waals surface area contributed by atoms with Gasteiger partial charge in [0.05, 0.1) is 0 Å². The van der Waals surface area contributed by atoms with Gasteiger partial charge >= 0.3 is 0 Å². The zero-order valence-electron chi connectivity index (χ0n) is 7.74. The molecular weight excluding hydrogens is 179 g/mol. The maximum atomic E-state index is 12.5. The van der Waals surface area contributed by atoms with Gasteiger partial charge < -0.3 is 4.74 Å². The van der Waals surface area contributed by atoms with Crippen LogP contribution in [0.5, 0.6) is 5.75 Å². The van der Waals surface area contributed by atoms with Crippen LogP contribution in [0.15, 0.2) is 61.4 Å². The Labute approximate surface area is 82.8 Å². The minimum absolute atomic E-state index is 0.287. The molecule has 1 aromatic carbocycles. The number of ether oxygens (including phenoxy) is 1. The average Bonchev–Trinajstić information content (AvgIpc) is 2.20. The highest BCUT2D eigenvalue weighted by atomic mass is 19.1. The molecule has 0 aliphatic rings. The second kappa shape index (κ2) is 5.02. The van der Waals surface area contributed by atoms with E-state index in [-0.39, 0.29) is 5.82 Å². The molecule has 14 heavy (non-hydrogen) atoms. The molecule has 0 aliphatic heterocycles. The lowest BCUT2D eigenvalue weighted by atomic mass is 10.3. The van der Waals surface area contributed by atoms with E-state index in [0.29, 0.717) is 11.5 Å². The molecule has 0 fully saturated rings. The number of hydrogen-bond donors (Lipinski definition) is 0. The Morgan fingerprint density at radius 1 is 1.21 bits per heavy atom. The van der Waals surface area contributed by atoms with Crippen molar-refractivity contribution in [3.63, 3.8) is 0 Å². The van der Waals surface area contributed by atoms with Crippen molar-refractivity contribution in [1.82, 2.24) is 0 Å². The van der Waals surface area contributed by atoms with E-state index < -0.39 is 0 Å². The summed E-state index contributed by atoms with van der Waals surface area (Å²) in [7, 11) is 0. The predicted molar refractivity (Wildman–Crippen MR) is 55.5 cm³/mol. The van der Waals surface area contributed by atoms with Crippen LogP contribution < -0.4 is 4.74 Å². The molecule has 0 amide bonds. The molecule has 0 radical (unpaired) electrons. The highest BCUT2D eigenvalue weighted by molar-refractivity contribution is 5.27. The lowest BCUT2D eigenvalue weighted by Crippen LogP contribution is -1.91. The van der Waals surface area contributed by atoms with Gasteiger partial charge in [0.15, 0.2) is 0 Å². The highest BCUT2D eigenvalue weighted by Gasteiger charge is 1.95. The molecule has 72 valence electrons. The summed E-state index contributed by atoms with van der Waals surface area (Å²) in [5.41, 5.74) is 0. The average molecular weight is 190 g/mol. The molecular formula is C12H11FO. The zero-order chi connectivity index (χ0) is 10.4. The second-order valence-electron chi connectivity index (χ2n) is 2.56. The van der Waals surface area contributed by atoms with Crippen LogP contribution in [0.3, 0.4) is 0 Å². The number of halogens is 1. The van der Waals surface area contributed by atoms with Crippen LogP contribution in [0.25, 0.3) is 0 Å². The van der Waals surface area contributed by atoms with Gasteiger partial charge in [-0.1, -0.05) is 19.2 Å². The van der Waals surface area contributed by atoms with E-state index >= 15 is 0 Å². The molecule has 0 unspecified atom stereocenters. The molecule has 1 rings (SSSR count). The van der Waals surface area contributed by atoms with Crippen molar-refractivity contribution in [1.29, 1.82) is 0 Å². The van der Waals surface area contributed by atoms with Crippen LogP contribution in [-0.4, -0.2) is 0 Å². The lowest BCUT2D eigenvalue weighted by Gasteiger charge is -2.04. The quantitative estimate of drug-likeness (QED) is 0.522. The Hall–Kier alpha value is -1.83. The summed E-state index contributed by atoms with van der Waals surface area (Å²) in [5.74, 6) is 0.858. The maximum absolute atomic E-state index is 12.5. The summed E-state index contributed by atoms with van der Waals surface area (Å²) < 4.78 is 17.9. The maximum Gasteiger partial charge on any atom is 0.127 e. The highest BCUT2D eigenvalue weighted by Crippen LogP contribution is 2.14. The first-order chi connectivity index (χ1) is 6.76. The van der Waals surface area contributed by atoms with Crippen LogP contribution in [0, 0.1) is 5.82 Å².